The fraction of sp³-hybridized carbons (Fsp3) is 0.467. The fourth-order valence-corrected chi connectivity index (χ4v) is 5.88. The summed E-state index contributed by atoms with van der Waals surface area (Å²) in [6, 6.07) is 8.79. The Morgan fingerprint density at radius 2 is 1.97 bits per heavy atom. The molecule has 1 aromatic carbocycles. The molecule has 1 amide bonds. The van der Waals surface area contributed by atoms with E-state index in [4.69, 9.17) is 4.74 Å². The third-order valence-electron chi connectivity index (χ3n) is 7.69. The molecule has 2 aliphatic rings. The average molecular weight is 513 g/mol. The van der Waals surface area contributed by atoms with Gasteiger partial charge in [-0.2, -0.15) is 5.10 Å². The van der Waals surface area contributed by atoms with Crippen molar-refractivity contribution in [2.75, 3.05) is 13.1 Å². The second kappa shape index (κ2) is 9.66. The molecule has 1 fully saturated rings. The third kappa shape index (κ3) is 4.97. The van der Waals surface area contributed by atoms with Crippen LogP contribution in [0.15, 0.2) is 43.0 Å². The molecule has 1 saturated heterocycles. The number of nitrogens with zero attached hydrogens (tertiary/aromatic N) is 5. The maximum absolute atomic E-state index is 13.1. The fourth-order valence-electron chi connectivity index (χ4n) is 5.88. The summed E-state index contributed by atoms with van der Waals surface area (Å²) in [6.45, 7) is 7.61. The first-order chi connectivity index (χ1) is 18.2. The molecule has 0 saturated carbocycles. The van der Waals surface area contributed by atoms with Gasteiger partial charge in [-0.15, -0.1) is 0 Å². The minimum absolute atomic E-state index is 0.153. The van der Waals surface area contributed by atoms with Gasteiger partial charge in [-0.1, -0.05) is 18.6 Å². The maximum atomic E-state index is 13.1. The van der Waals surface area contributed by atoms with Gasteiger partial charge in [-0.05, 0) is 69.2 Å². The van der Waals surface area contributed by atoms with Gasteiger partial charge < -0.3 is 14.6 Å². The molecular formula is C30H36N6O2. The molecule has 6 rings (SSSR count). The Hall–Kier alpha value is -3.52. The van der Waals surface area contributed by atoms with Crippen LogP contribution in [0.25, 0.3) is 33.5 Å². The predicted molar refractivity (Wildman–Crippen MR) is 148 cm³/mol. The van der Waals surface area contributed by atoms with Crippen molar-refractivity contribution in [3.05, 3.63) is 54.1 Å². The molecule has 3 aromatic heterocycles. The van der Waals surface area contributed by atoms with Crippen molar-refractivity contribution < 1.29 is 9.53 Å². The van der Waals surface area contributed by atoms with E-state index in [2.05, 4.69) is 65.1 Å². The average Bonchev–Trinajstić information content (AvgIpc) is 3.43. The van der Waals surface area contributed by atoms with Crippen molar-refractivity contribution in [1.29, 1.82) is 0 Å². The summed E-state index contributed by atoms with van der Waals surface area (Å²) in [4.78, 5) is 27.7. The molecule has 4 aromatic rings. The van der Waals surface area contributed by atoms with Crippen molar-refractivity contribution in [3.8, 4) is 22.5 Å². The topological polar surface area (TPSA) is 88.9 Å². The van der Waals surface area contributed by atoms with Gasteiger partial charge in [0.25, 0.3) is 0 Å². The van der Waals surface area contributed by atoms with Crippen LogP contribution >= 0.6 is 0 Å². The summed E-state index contributed by atoms with van der Waals surface area (Å²) >= 11 is 0. The number of likely N-dealkylation sites (tertiary alicyclic amines) is 1. The summed E-state index contributed by atoms with van der Waals surface area (Å²) in [7, 11) is 1.91. The zero-order valence-corrected chi connectivity index (χ0v) is 22.7. The van der Waals surface area contributed by atoms with E-state index in [-0.39, 0.29) is 23.5 Å². The Balaban J connectivity index is 1.23. The van der Waals surface area contributed by atoms with Crippen LogP contribution in [-0.2, 0) is 23.0 Å². The van der Waals surface area contributed by atoms with Crippen LogP contribution in [0.2, 0.25) is 0 Å². The SMILES string of the molecule is Cn1cc(-c2cc3c(-c4ccc5c(c4)CCCCC5CC(=O)N4CC(OC(C)(C)C)C4)ncnc3[nH]2)cn1. The molecular weight excluding hydrogens is 476 g/mol. The number of benzene rings is 1. The summed E-state index contributed by atoms with van der Waals surface area (Å²) in [5, 5.41) is 5.29. The number of aryl methyl sites for hydroxylation is 2. The number of aromatic amines is 1. The van der Waals surface area contributed by atoms with Crippen LogP contribution < -0.4 is 0 Å². The molecule has 4 heterocycles. The zero-order chi connectivity index (χ0) is 26.4. The molecule has 1 aliphatic heterocycles. The molecule has 8 heteroatoms. The lowest BCUT2D eigenvalue weighted by atomic mass is 9.87. The van der Waals surface area contributed by atoms with E-state index in [9.17, 15) is 4.79 Å². The van der Waals surface area contributed by atoms with Gasteiger partial charge in [0, 0.05) is 49.3 Å². The molecule has 38 heavy (non-hydrogen) atoms. The quantitative estimate of drug-likeness (QED) is 0.369. The molecule has 1 unspecified atom stereocenters. The highest BCUT2D eigenvalue weighted by atomic mass is 16.5. The number of fused-ring (bicyclic) bond motifs is 2. The number of hydrogen-bond donors (Lipinski definition) is 1. The Bertz CT molecular complexity index is 1470. The lowest BCUT2D eigenvalue weighted by Gasteiger charge is -2.42. The highest BCUT2D eigenvalue weighted by Crippen LogP contribution is 2.37. The Labute approximate surface area is 223 Å². The standard InChI is InChI=1S/C30H36N6O2/c1-30(2,3)38-23-16-36(17-23)27(37)12-20-8-6-5-7-19-11-21(9-10-24(19)20)28-25-13-26(22-14-33-35(4)15-22)34-29(25)32-18-31-28/h9-11,13-15,18,20,23H,5-8,12,16-17H2,1-4H3,(H,31,32,34). The number of carbonyl (C=O) groups excluding carboxylic acids is 1. The first-order valence-corrected chi connectivity index (χ1v) is 13.6. The van der Waals surface area contributed by atoms with Crippen LogP contribution in [-0.4, -0.2) is 60.3 Å². The van der Waals surface area contributed by atoms with E-state index in [1.54, 1.807) is 11.0 Å². The van der Waals surface area contributed by atoms with Gasteiger partial charge >= 0.3 is 0 Å². The molecule has 1 aliphatic carbocycles. The van der Waals surface area contributed by atoms with Crippen molar-refractivity contribution >= 4 is 16.9 Å². The van der Waals surface area contributed by atoms with Crippen molar-refractivity contribution in [2.24, 2.45) is 7.05 Å². The highest BCUT2D eigenvalue weighted by molar-refractivity contribution is 5.94. The largest absolute Gasteiger partial charge is 0.369 e. The zero-order valence-electron chi connectivity index (χ0n) is 22.7. The Kier molecular flexibility index (Phi) is 6.30. The van der Waals surface area contributed by atoms with Crippen LogP contribution in [0, 0.1) is 0 Å². The number of ether oxygens (including phenoxy) is 1. The van der Waals surface area contributed by atoms with Gasteiger partial charge in [-0.25, -0.2) is 9.97 Å². The smallest absolute Gasteiger partial charge is 0.223 e. The number of amides is 1. The summed E-state index contributed by atoms with van der Waals surface area (Å²) < 4.78 is 7.82. The monoisotopic (exact) mass is 512 g/mol. The molecule has 0 radical (unpaired) electrons. The normalized spacial score (nSPS) is 18.3. The number of H-pyrrole nitrogens is 1. The van der Waals surface area contributed by atoms with Gasteiger partial charge in [0.1, 0.15) is 12.0 Å². The molecule has 0 spiro atoms. The number of rotatable bonds is 5. The van der Waals surface area contributed by atoms with E-state index in [0.717, 1.165) is 59.2 Å². The molecule has 8 nitrogen and oxygen atoms in total. The second-order valence-electron chi connectivity index (χ2n) is 11.8. The summed E-state index contributed by atoms with van der Waals surface area (Å²) in [6.07, 6.45) is 10.5. The second-order valence-corrected chi connectivity index (χ2v) is 11.8. The maximum Gasteiger partial charge on any atom is 0.223 e. The lowest BCUT2D eigenvalue weighted by molar-refractivity contribution is -0.157. The summed E-state index contributed by atoms with van der Waals surface area (Å²) in [5.74, 6) is 0.500. The van der Waals surface area contributed by atoms with Crippen LogP contribution in [0.4, 0.5) is 0 Å². The van der Waals surface area contributed by atoms with Gasteiger partial charge in [0.2, 0.25) is 5.91 Å². The minimum Gasteiger partial charge on any atom is -0.369 e. The highest BCUT2D eigenvalue weighted by Gasteiger charge is 2.35. The van der Waals surface area contributed by atoms with Crippen LogP contribution in [0.3, 0.4) is 0 Å². The van der Waals surface area contributed by atoms with Crippen molar-refractivity contribution in [3.63, 3.8) is 0 Å². The molecule has 1 atom stereocenters. The van der Waals surface area contributed by atoms with E-state index in [1.807, 2.05) is 24.3 Å². The lowest BCUT2D eigenvalue weighted by Crippen LogP contribution is -2.56. The van der Waals surface area contributed by atoms with E-state index in [0.29, 0.717) is 19.5 Å². The van der Waals surface area contributed by atoms with Crippen molar-refractivity contribution in [1.82, 2.24) is 29.6 Å². The van der Waals surface area contributed by atoms with Gasteiger partial charge in [0.15, 0.2) is 0 Å². The molecule has 0 bridgehead atoms. The van der Waals surface area contributed by atoms with Gasteiger partial charge in [-0.3, -0.25) is 9.48 Å². The van der Waals surface area contributed by atoms with E-state index in [1.165, 1.54) is 11.1 Å². The summed E-state index contributed by atoms with van der Waals surface area (Å²) in [5.41, 5.74) is 7.30. The molecule has 198 valence electrons. The number of hydrogen-bond acceptors (Lipinski definition) is 5. The van der Waals surface area contributed by atoms with Gasteiger partial charge in [0.05, 0.1) is 29.3 Å². The number of aromatic nitrogens is 5. The number of nitrogens with one attached hydrogen (secondary N) is 1. The van der Waals surface area contributed by atoms with E-state index >= 15 is 0 Å². The number of carbonyl (C=O) groups is 1. The van der Waals surface area contributed by atoms with Crippen LogP contribution in [0.1, 0.15) is 63.5 Å². The Morgan fingerprint density at radius 1 is 1.13 bits per heavy atom. The minimum atomic E-state index is -0.173. The first-order valence-electron chi connectivity index (χ1n) is 13.6. The Morgan fingerprint density at radius 3 is 2.74 bits per heavy atom. The third-order valence-corrected chi connectivity index (χ3v) is 7.69. The predicted octanol–water partition coefficient (Wildman–Crippen LogP) is 5.25. The molecule has 1 N–H and O–H groups in total. The van der Waals surface area contributed by atoms with Crippen molar-refractivity contribution in [2.45, 2.75) is 70.5 Å². The van der Waals surface area contributed by atoms with E-state index < -0.39 is 0 Å². The van der Waals surface area contributed by atoms with Crippen LogP contribution in [0.5, 0.6) is 0 Å². The first kappa shape index (κ1) is 24.8.